The number of aromatic nitrogens is 3. The van der Waals surface area contributed by atoms with Crippen molar-refractivity contribution in [3.05, 3.63) is 23.8 Å². The molecule has 0 bridgehead atoms. The second-order valence-electron chi connectivity index (χ2n) is 4.15. The number of para-hydroxylation sites is 1. The number of carbonyl (C=O) groups is 1. The highest BCUT2D eigenvalue weighted by atomic mass is 16.1. The summed E-state index contributed by atoms with van der Waals surface area (Å²) in [6.45, 7) is 0.771. The summed E-state index contributed by atoms with van der Waals surface area (Å²) in [5.41, 5.74) is 1.95. The fourth-order valence-electron chi connectivity index (χ4n) is 1.71. The van der Waals surface area contributed by atoms with Crippen LogP contribution < -0.4 is 5.32 Å². The molecule has 0 atom stereocenters. The molecule has 3 rings (SSSR count). The third-order valence-electron chi connectivity index (χ3n) is 2.84. The number of hydrogen-bond acceptors (Lipinski definition) is 3. The van der Waals surface area contributed by atoms with Gasteiger partial charge in [0.2, 0.25) is 0 Å². The number of rotatable bonds is 3. The maximum absolute atomic E-state index is 11.9. The van der Waals surface area contributed by atoms with Crippen LogP contribution in [-0.2, 0) is 0 Å². The Bertz CT molecular complexity index is 530. The van der Waals surface area contributed by atoms with E-state index in [1.807, 2.05) is 12.1 Å². The average Bonchev–Trinajstić information content (AvgIpc) is 3.01. The molecule has 0 aliphatic heterocycles. The molecule has 1 aromatic carbocycles. The Labute approximate surface area is 92.2 Å². The quantitative estimate of drug-likeness (QED) is 0.807. The van der Waals surface area contributed by atoms with Crippen molar-refractivity contribution in [1.82, 2.24) is 20.7 Å². The van der Waals surface area contributed by atoms with Gasteiger partial charge in [0, 0.05) is 6.54 Å². The number of aromatic amines is 1. The molecule has 1 aliphatic carbocycles. The van der Waals surface area contributed by atoms with Crippen LogP contribution in [0.3, 0.4) is 0 Å². The Morgan fingerprint density at radius 2 is 2.31 bits per heavy atom. The second kappa shape index (κ2) is 3.59. The summed E-state index contributed by atoms with van der Waals surface area (Å²) in [5.74, 6) is 0.617. The maximum atomic E-state index is 11.9. The summed E-state index contributed by atoms with van der Waals surface area (Å²) in [7, 11) is 0. The van der Waals surface area contributed by atoms with Crippen molar-refractivity contribution in [2.75, 3.05) is 6.54 Å². The van der Waals surface area contributed by atoms with E-state index in [1.54, 1.807) is 6.07 Å². The summed E-state index contributed by atoms with van der Waals surface area (Å²) in [4.78, 5) is 11.9. The summed E-state index contributed by atoms with van der Waals surface area (Å²) in [6, 6.07) is 5.42. The van der Waals surface area contributed by atoms with Gasteiger partial charge >= 0.3 is 0 Å². The van der Waals surface area contributed by atoms with Crippen LogP contribution in [0.4, 0.5) is 0 Å². The molecule has 0 spiro atoms. The fourth-order valence-corrected chi connectivity index (χ4v) is 1.71. The first-order valence-electron chi connectivity index (χ1n) is 5.42. The Morgan fingerprint density at radius 3 is 3.12 bits per heavy atom. The minimum absolute atomic E-state index is 0.0635. The van der Waals surface area contributed by atoms with Crippen LogP contribution in [0.1, 0.15) is 23.2 Å². The lowest BCUT2D eigenvalue weighted by molar-refractivity contribution is 0.0953. The highest BCUT2D eigenvalue weighted by Gasteiger charge is 2.22. The summed E-state index contributed by atoms with van der Waals surface area (Å²) < 4.78 is 0. The molecule has 1 saturated carbocycles. The molecule has 1 fully saturated rings. The van der Waals surface area contributed by atoms with E-state index in [-0.39, 0.29) is 5.91 Å². The van der Waals surface area contributed by atoms with Crippen molar-refractivity contribution in [3.63, 3.8) is 0 Å². The van der Waals surface area contributed by atoms with Gasteiger partial charge in [-0.1, -0.05) is 6.07 Å². The summed E-state index contributed by atoms with van der Waals surface area (Å²) >= 11 is 0. The molecule has 2 aromatic rings. The molecule has 5 nitrogen and oxygen atoms in total. The van der Waals surface area contributed by atoms with Crippen LogP contribution >= 0.6 is 0 Å². The Kier molecular flexibility index (Phi) is 2.09. The first-order chi connectivity index (χ1) is 7.84. The van der Waals surface area contributed by atoms with Crippen LogP contribution in [0, 0.1) is 5.92 Å². The molecule has 1 heterocycles. The number of nitrogens with zero attached hydrogens (tertiary/aromatic N) is 2. The van der Waals surface area contributed by atoms with E-state index in [0.717, 1.165) is 12.1 Å². The molecule has 0 unspecified atom stereocenters. The minimum atomic E-state index is -0.0635. The highest BCUT2D eigenvalue weighted by molar-refractivity contribution is 6.04. The monoisotopic (exact) mass is 216 g/mol. The van der Waals surface area contributed by atoms with Crippen LogP contribution in [0.15, 0.2) is 18.2 Å². The molecular formula is C11H12N4O. The predicted molar refractivity (Wildman–Crippen MR) is 58.9 cm³/mol. The van der Waals surface area contributed by atoms with Crippen LogP contribution in [-0.4, -0.2) is 27.9 Å². The highest BCUT2D eigenvalue weighted by Crippen LogP contribution is 2.27. The zero-order valence-corrected chi connectivity index (χ0v) is 8.73. The van der Waals surface area contributed by atoms with Crippen molar-refractivity contribution in [2.45, 2.75) is 12.8 Å². The number of H-pyrrole nitrogens is 1. The lowest BCUT2D eigenvalue weighted by Crippen LogP contribution is -2.25. The Hall–Kier alpha value is -1.91. The normalized spacial score (nSPS) is 15.2. The summed E-state index contributed by atoms with van der Waals surface area (Å²) in [6.07, 6.45) is 2.46. The zero-order valence-electron chi connectivity index (χ0n) is 8.73. The van der Waals surface area contributed by atoms with Crippen molar-refractivity contribution in [2.24, 2.45) is 5.92 Å². The molecule has 16 heavy (non-hydrogen) atoms. The van der Waals surface area contributed by atoms with Gasteiger partial charge in [-0.25, -0.2) is 0 Å². The van der Waals surface area contributed by atoms with Crippen LogP contribution in [0.25, 0.3) is 11.0 Å². The van der Waals surface area contributed by atoms with Crippen molar-refractivity contribution < 1.29 is 4.79 Å². The molecule has 2 N–H and O–H groups in total. The number of amides is 1. The topological polar surface area (TPSA) is 70.7 Å². The lowest BCUT2D eigenvalue weighted by Gasteiger charge is -2.03. The van der Waals surface area contributed by atoms with Crippen molar-refractivity contribution in [3.8, 4) is 0 Å². The van der Waals surface area contributed by atoms with Crippen molar-refractivity contribution >= 4 is 16.9 Å². The van der Waals surface area contributed by atoms with E-state index in [4.69, 9.17) is 0 Å². The van der Waals surface area contributed by atoms with Gasteiger partial charge in [0.05, 0.1) is 5.56 Å². The van der Waals surface area contributed by atoms with Gasteiger partial charge in [0.1, 0.15) is 11.0 Å². The third kappa shape index (κ3) is 1.64. The van der Waals surface area contributed by atoms with E-state index in [2.05, 4.69) is 20.7 Å². The predicted octanol–water partition coefficient (Wildman–Crippen LogP) is 1.10. The third-order valence-corrected chi connectivity index (χ3v) is 2.84. The Balaban J connectivity index is 1.85. The number of benzene rings is 1. The molecule has 82 valence electrons. The second-order valence-corrected chi connectivity index (χ2v) is 4.15. The number of carbonyl (C=O) groups excluding carboxylic acids is 1. The van der Waals surface area contributed by atoms with Gasteiger partial charge in [-0.2, -0.15) is 15.4 Å². The molecule has 0 saturated heterocycles. The van der Waals surface area contributed by atoms with Gasteiger partial charge in [0.15, 0.2) is 0 Å². The van der Waals surface area contributed by atoms with E-state index in [0.29, 0.717) is 17.0 Å². The smallest absolute Gasteiger partial charge is 0.253 e. The van der Waals surface area contributed by atoms with E-state index in [1.165, 1.54) is 12.8 Å². The average molecular weight is 216 g/mol. The van der Waals surface area contributed by atoms with E-state index < -0.39 is 0 Å². The standard InChI is InChI=1S/C11H12N4O/c16-11(12-6-7-4-5-7)8-2-1-3-9-10(8)14-15-13-9/h1-3,7H,4-6H2,(H,12,16)(H,13,14,15). The molecule has 5 heteroatoms. The molecule has 1 amide bonds. The van der Waals surface area contributed by atoms with E-state index >= 15 is 0 Å². The zero-order chi connectivity index (χ0) is 11.0. The van der Waals surface area contributed by atoms with Gasteiger partial charge in [-0.15, -0.1) is 0 Å². The largest absolute Gasteiger partial charge is 0.352 e. The molecule has 1 aromatic heterocycles. The van der Waals surface area contributed by atoms with Crippen molar-refractivity contribution in [1.29, 1.82) is 0 Å². The lowest BCUT2D eigenvalue weighted by atomic mass is 10.1. The van der Waals surface area contributed by atoms with Gasteiger partial charge in [0.25, 0.3) is 5.91 Å². The van der Waals surface area contributed by atoms with Crippen LogP contribution in [0.2, 0.25) is 0 Å². The minimum Gasteiger partial charge on any atom is -0.352 e. The number of nitrogens with one attached hydrogen (secondary N) is 2. The maximum Gasteiger partial charge on any atom is 0.253 e. The Morgan fingerprint density at radius 1 is 1.44 bits per heavy atom. The van der Waals surface area contributed by atoms with Gasteiger partial charge in [-0.3, -0.25) is 4.79 Å². The molecule has 0 radical (unpaired) electrons. The van der Waals surface area contributed by atoms with E-state index in [9.17, 15) is 4.79 Å². The SMILES string of the molecule is O=C(NCC1CC1)c1cccc2n[nH]nc12. The first kappa shape index (κ1) is 9.33. The fraction of sp³-hybridized carbons (Fsp3) is 0.364. The first-order valence-corrected chi connectivity index (χ1v) is 5.42. The number of hydrogen-bond donors (Lipinski definition) is 2. The van der Waals surface area contributed by atoms with Gasteiger partial charge < -0.3 is 5.32 Å². The number of fused-ring (bicyclic) bond motifs is 1. The molecule has 1 aliphatic rings. The summed E-state index contributed by atoms with van der Waals surface area (Å²) in [5, 5.41) is 13.4. The van der Waals surface area contributed by atoms with Gasteiger partial charge in [-0.05, 0) is 30.9 Å². The van der Waals surface area contributed by atoms with Crippen LogP contribution in [0.5, 0.6) is 0 Å². The molecular weight excluding hydrogens is 204 g/mol.